The standard InChI is InChI=1S/C18H26N2O4/c1-3-24-17-11-16(21)18(17)6-8-19(9-7-18)12-14-5-4-13(2)15(10-14)20(22)23/h4-5,10,16-17,21H,3,6-9,11-12H2,1-2H3. The van der Waals surface area contributed by atoms with Crippen LogP contribution in [0, 0.1) is 22.5 Å². The molecule has 2 atom stereocenters. The Morgan fingerprint density at radius 1 is 1.42 bits per heavy atom. The molecule has 6 heteroatoms. The Bertz CT molecular complexity index is 609. The van der Waals surface area contributed by atoms with Crippen molar-refractivity contribution in [1.29, 1.82) is 0 Å². The Morgan fingerprint density at radius 3 is 2.71 bits per heavy atom. The van der Waals surface area contributed by atoms with E-state index in [9.17, 15) is 15.2 Å². The quantitative estimate of drug-likeness (QED) is 0.662. The molecule has 1 spiro atoms. The summed E-state index contributed by atoms with van der Waals surface area (Å²) in [5.74, 6) is 0. The van der Waals surface area contributed by atoms with Crippen LogP contribution in [0.4, 0.5) is 5.69 Å². The fourth-order valence-electron chi connectivity index (χ4n) is 4.15. The van der Waals surface area contributed by atoms with Gasteiger partial charge in [0.15, 0.2) is 0 Å². The summed E-state index contributed by atoms with van der Waals surface area (Å²) in [7, 11) is 0. The summed E-state index contributed by atoms with van der Waals surface area (Å²) < 4.78 is 5.80. The molecule has 6 nitrogen and oxygen atoms in total. The van der Waals surface area contributed by atoms with Crippen molar-refractivity contribution >= 4 is 5.69 Å². The Balaban J connectivity index is 1.62. The molecular formula is C18H26N2O4. The van der Waals surface area contributed by atoms with Crippen molar-refractivity contribution in [3.63, 3.8) is 0 Å². The van der Waals surface area contributed by atoms with Crippen molar-refractivity contribution in [2.24, 2.45) is 5.41 Å². The molecule has 1 aliphatic carbocycles. The van der Waals surface area contributed by atoms with Gasteiger partial charge in [0, 0.05) is 36.6 Å². The summed E-state index contributed by atoms with van der Waals surface area (Å²) in [4.78, 5) is 13.1. The van der Waals surface area contributed by atoms with E-state index in [0.717, 1.165) is 37.9 Å². The molecular weight excluding hydrogens is 308 g/mol. The molecule has 132 valence electrons. The number of piperidine rings is 1. The number of likely N-dealkylation sites (tertiary alicyclic amines) is 1. The van der Waals surface area contributed by atoms with Gasteiger partial charge in [-0.2, -0.15) is 0 Å². The lowest BCUT2D eigenvalue weighted by molar-refractivity contribution is -0.385. The minimum atomic E-state index is -0.318. The molecule has 0 amide bonds. The Kier molecular flexibility index (Phi) is 4.90. The molecule has 1 N–H and O–H groups in total. The van der Waals surface area contributed by atoms with Crippen LogP contribution in [0.5, 0.6) is 0 Å². The van der Waals surface area contributed by atoms with Crippen LogP contribution in [0.3, 0.4) is 0 Å². The van der Waals surface area contributed by atoms with Gasteiger partial charge in [0.1, 0.15) is 0 Å². The van der Waals surface area contributed by atoms with E-state index >= 15 is 0 Å². The monoisotopic (exact) mass is 334 g/mol. The number of nitro benzene ring substituents is 1. The van der Waals surface area contributed by atoms with Crippen LogP contribution in [0.1, 0.15) is 37.3 Å². The first-order chi connectivity index (χ1) is 11.5. The summed E-state index contributed by atoms with van der Waals surface area (Å²) in [6.45, 7) is 6.95. The predicted octanol–water partition coefficient (Wildman–Crippen LogP) is 2.66. The van der Waals surface area contributed by atoms with Crippen LogP contribution in [0.25, 0.3) is 0 Å². The topological polar surface area (TPSA) is 75.8 Å². The van der Waals surface area contributed by atoms with E-state index in [2.05, 4.69) is 4.90 Å². The molecule has 2 fully saturated rings. The number of hydrogen-bond donors (Lipinski definition) is 1. The van der Waals surface area contributed by atoms with Gasteiger partial charge in [0.25, 0.3) is 5.69 Å². The number of hydrogen-bond acceptors (Lipinski definition) is 5. The van der Waals surface area contributed by atoms with Gasteiger partial charge in [-0.3, -0.25) is 15.0 Å². The third-order valence-corrected chi connectivity index (χ3v) is 5.77. The van der Waals surface area contributed by atoms with Crippen LogP contribution in [-0.2, 0) is 11.3 Å². The average molecular weight is 334 g/mol. The van der Waals surface area contributed by atoms with Gasteiger partial charge in [-0.15, -0.1) is 0 Å². The molecule has 1 aromatic carbocycles. The smallest absolute Gasteiger partial charge is 0.272 e. The number of nitrogens with zero attached hydrogens (tertiary/aromatic N) is 2. The molecule has 1 saturated heterocycles. The number of aliphatic hydroxyl groups excluding tert-OH is 1. The highest BCUT2D eigenvalue weighted by atomic mass is 16.6. The minimum Gasteiger partial charge on any atom is -0.392 e. The van der Waals surface area contributed by atoms with E-state index in [1.54, 1.807) is 13.0 Å². The first-order valence-corrected chi connectivity index (χ1v) is 8.72. The van der Waals surface area contributed by atoms with Crippen molar-refractivity contribution in [2.75, 3.05) is 19.7 Å². The molecule has 0 radical (unpaired) electrons. The van der Waals surface area contributed by atoms with Crippen molar-refractivity contribution in [1.82, 2.24) is 4.90 Å². The number of rotatable bonds is 5. The largest absolute Gasteiger partial charge is 0.392 e. The van der Waals surface area contributed by atoms with Gasteiger partial charge in [-0.05, 0) is 45.3 Å². The van der Waals surface area contributed by atoms with E-state index in [1.165, 1.54) is 0 Å². The molecule has 0 bridgehead atoms. The van der Waals surface area contributed by atoms with E-state index in [0.29, 0.717) is 18.7 Å². The maximum atomic E-state index is 11.1. The van der Waals surface area contributed by atoms with Gasteiger partial charge in [-0.1, -0.05) is 12.1 Å². The molecule has 1 aromatic rings. The second-order valence-corrected chi connectivity index (χ2v) is 7.08. The van der Waals surface area contributed by atoms with Crippen LogP contribution in [-0.4, -0.2) is 46.8 Å². The lowest BCUT2D eigenvalue weighted by Crippen LogP contribution is -2.62. The van der Waals surface area contributed by atoms with Crippen molar-refractivity contribution < 1.29 is 14.8 Å². The summed E-state index contributed by atoms with van der Waals surface area (Å²) in [5.41, 5.74) is 1.77. The van der Waals surface area contributed by atoms with Crippen LogP contribution < -0.4 is 0 Å². The fraction of sp³-hybridized carbons (Fsp3) is 0.667. The lowest BCUT2D eigenvalue weighted by atomic mass is 9.58. The van der Waals surface area contributed by atoms with Gasteiger partial charge in [0.05, 0.1) is 17.1 Å². The molecule has 2 unspecified atom stereocenters. The van der Waals surface area contributed by atoms with Gasteiger partial charge in [-0.25, -0.2) is 0 Å². The maximum Gasteiger partial charge on any atom is 0.272 e. The molecule has 1 saturated carbocycles. The molecule has 0 aromatic heterocycles. The zero-order chi connectivity index (χ0) is 17.3. The Morgan fingerprint density at radius 2 is 2.12 bits per heavy atom. The van der Waals surface area contributed by atoms with E-state index < -0.39 is 0 Å². The molecule has 1 aliphatic heterocycles. The molecule has 24 heavy (non-hydrogen) atoms. The average Bonchev–Trinajstić information content (AvgIpc) is 2.57. The van der Waals surface area contributed by atoms with Gasteiger partial charge < -0.3 is 9.84 Å². The molecule has 1 heterocycles. The summed E-state index contributed by atoms with van der Waals surface area (Å²) >= 11 is 0. The predicted molar refractivity (Wildman–Crippen MR) is 90.8 cm³/mol. The normalized spacial score (nSPS) is 26.3. The maximum absolute atomic E-state index is 11.1. The Labute approximate surface area is 142 Å². The zero-order valence-corrected chi connectivity index (χ0v) is 14.4. The van der Waals surface area contributed by atoms with Crippen molar-refractivity contribution in [2.45, 2.75) is 51.9 Å². The number of aryl methyl sites for hydroxylation is 1. The number of benzene rings is 1. The van der Waals surface area contributed by atoms with Gasteiger partial charge >= 0.3 is 0 Å². The van der Waals surface area contributed by atoms with Crippen molar-refractivity contribution in [3.05, 3.63) is 39.4 Å². The zero-order valence-electron chi connectivity index (χ0n) is 14.4. The first-order valence-electron chi connectivity index (χ1n) is 8.72. The summed E-state index contributed by atoms with van der Waals surface area (Å²) in [5, 5.41) is 21.3. The molecule has 2 aliphatic rings. The highest BCUT2D eigenvalue weighted by Gasteiger charge is 2.55. The SMILES string of the molecule is CCOC1CC(O)C12CCN(Cc1ccc(C)c([N+](=O)[O-])c1)CC2. The number of ether oxygens (including phenoxy) is 1. The van der Waals surface area contributed by atoms with Crippen molar-refractivity contribution in [3.8, 4) is 0 Å². The number of nitro groups is 1. The minimum absolute atomic E-state index is 0.0776. The summed E-state index contributed by atoms with van der Waals surface area (Å²) in [6, 6.07) is 5.47. The first kappa shape index (κ1) is 17.3. The highest BCUT2D eigenvalue weighted by molar-refractivity contribution is 5.42. The highest BCUT2D eigenvalue weighted by Crippen LogP contribution is 2.51. The van der Waals surface area contributed by atoms with Crippen LogP contribution in [0.15, 0.2) is 18.2 Å². The van der Waals surface area contributed by atoms with Crippen LogP contribution >= 0.6 is 0 Å². The van der Waals surface area contributed by atoms with Crippen LogP contribution in [0.2, 0.25) is 0 Å². The second-order valence-electron chi connectivity index (χ2n) is 7.08. The fourth-order valence-corrected chi connectivity index (χ4v) is 4.15. The second kappa shape index (κ2) is 6.78. The number of aliphatic hydroxyl groups is 1. The van der Waals surface area contributed by atoms with E-state index in [-0.39, 0.29) is 28.2 Å². The third-order valence-electron chi connectivity index (χ3n) is 5.77. The van der Waals surface area contributed by atoms with Gasteiger partial charge in [0.2, 0.25) is 0 Å². The van der Waals surface area contributed by atoms with E-state index in [1.807, 2.05) is 19.1 Å². The third kappa shape index (κ3) is 3.06. The molecule has 3 rings (SSSR count). The summed E-state index contributed by atoms with van der Waals surface area (Å²) in [6.07, 6.45) is 2.52. The Hall–Kier alpha value is -1.50. The van der Waals surface area contributed by atoms with E-state index in [4.69, 9.17) is 4.74 Å². The lowest BCUT2D eigenvalue weighted by Gasteiger charge is -2.56.